The van der Waals surface area contributed by atoms with Gasteiger partial charge in [0, 0.05) is 20.3 Å². The SMILES string of the molecule is COc1ccc(C(C)N(CC(OC)OC)S(=O)(=O)c2ccc(C)cc2)cc1. The fraction of sp³-hybridized carbons (Fsp3) is 0.400. The molecule has 0 amide bonds. The van der Waals surface area contributed by atoms with Crippen LogP contribution in [0, 0.1) is 6.92 Å². The van der Waals surface area contributed by atoms with Crippen LogP contribution in [-0.4, -0.2) is 46.9 Å². The molecule has 0 bridgehead atoms. The van der Waals surface area contributed by atoms with Gasteiger partial charge in [0.1, 0.15) is 5.75 Å². The van der Waals surface area contributed by atoms with Crippen molar-refractivity contribution in [3.63, 3.8) is 0 Å². The Kier molecular flexibility index (Phi) is 7.38. The van der Waals surface area contributed by atoms with Gasteiger partial charge in [0.05, 0.1) is 18.6 Å². The summed E-state index contributed by atoms with van der Waals surface area (Å²) in [6.45, 7) is 3.83. The van der Waals surface area contributed by atoms with Crippen LogP contribution in [0.2, 0.25) is 0 Å². The Balaban J connectivity index is 2.44. The molecule has 0 heterocycles. The van der Waals surface area contributed by atoms with E-state index in [0.29, 0.717) is 5.75 Å². The Labute approximate surface area is 161 Å². The van der Waals surface area contributed by atoms with E-state index in [1.807, 2.05) is 38.1 Å². The van der Waals surface area contributed by atoms with E-state index in [9.17, 15) is 8.42 Å². The molecular formula is C20H27NO5S. The maximum Gasteiger partial charge on any atom is 0.243 e. The molecule has 0 fully saturated rings. The van der Waals surface area contributed by atoms with Gasteiger partial charge in [0.2, 0.25) is 10.0 Å². The number of hydrogen-bond donors (Lipinski definition) is 0. The van der Waals surface area contributed by atoms with E-state index in [2.05, 4.69) is 0 Å². The Bertz CT molecular complexity index is 814. The van der Waals surface area contributed by atoms with Crippen LogP contribution in [0.4, 0.5) is 0 Å². The predicted octanol–water partition coefficient (Wildman–Crippen LogP) is 3.37. The third-order valence-corrected chi connectivity index (χ3v) is 6.46. The Morgan fingerprint density at radius 1 is 0.926 bits per heavy atom. The first kappa shape index (κ1) is 21.4. The number of aryl methyl sites for hydroxylation is 1. The molecule has 0 N–H and O–H groups in total. The van der Waals surface area contributed by atoms with Crippen molar-refractivity contribution in [2.45, 2.75) is 31.1 Å². The molecule has 6 nitrogen and oxygen atoms in total. The van der Waals surface area contributed by atoms with Crippen molar-refractivity contribution in [2.24, 2.45) is 0 Å². The molecule has 2 aromatic rings. The second kappa shape index (κ2) is 9.32. The highest BCUT2D eigenvalue weighted by molar-refractivity contribution is 7.89. The predicted molar refractivity (Wildman–Crippen MR) is 104 cm³/mol. The average Bonchev–Trinajstić information content (AvgIpc) is 2.68. The first-order valence-corrected chi connectivity index (χ1v) is 10.1. The number of benzene rings is 2. The zero-order chi connectivity index (χ0) is 20.0. The Morgan fingerprint density at radius 3 is 1.96 bits per heavy atom. The third kappa shape index (κ3) is 5.07. The van der Waals surface area contributed by atoms with E-state index in [-0.39, 0.29) is 11.4 Å². The summed E-state index contributed by atoms with van der Waals surface area (Å²) in [7, 11) is 0.816. The highest BCUT2D eigenvalue weighted by Crippen LogP contribution is 2.29. The van der Waals surface area contributed by atoms with Crippen molar-refractivity contribution in [1.82, 2.24) is 4.31 Å². The quantitative estimate of drug-likeness (QED) is 0.611. The summed E-state index contributed by atoms with van der Waals surface area (Å²) >= 11 is 0. The van der Waals surface area contributed by atoms with Crippen molar-refractivity contribution in [3.05, 3.63) is 59.7 Å². The van der Waals surface area contributed by atoms with E-state index < -0.39 is 22.4 Å². The lowest BCUT2D eigenvalue weighted by molar-refractivity contribution is -0.110. The molecule has 2 rings (SSSR count). The number of methoxy groups -OCH3 is 3. The normalized spacial score (nSPS) is 13.1. The molecule has 0 aliphatic carbocycles. The summed E-state index contributed by atoms with van der Waals surface area (Å²) in [5, 5.41) is 0. The van der Waals surface area contributed by atoms with Crippen LogP contribution in [0.15, 0.2) is 53.4 Å². The standard InChI is InChI=1S/C20H27NO5S/c1-15-6-12-19(13-7-15)27(22,23)21(14-20(25-4)26-5)16(2)17-8-10-18(24-3)11-9-17/h6-13,16,20H,14H2,1-5H3. The van der Waals surface area contributed by atoms with Gasteiger partial charge in [0.25, 0.3) is 0 Å². The second-order valence-electron chi connectivity index (χ2n) is 6.24. The molecular weight excluding hydrogens is 366 g/mol. The molecule has 27 heavy (non-hydrogen) atoms. The fourth-order valence-corrected chi connectivity index (χ4v) is 4.36. The smallest absolute Gasteiger partial charge is 0.243 e. The molecule has 0 saturated heterocycles. The average molecular weight is 394 g/mol. The van der Waals surface area contributed by atoms with Crippen molar-refractivity contribution in [2.75, 3.05) is 27.9 Å². The van der Waals surface area contributed by atoms with Crippen LogP contribution in [0.25, 0.3) is 0 Å². The fourth-order valence-electron chi connectivity index (χ4n) is 2.75. The minimum absolute atomic E-state index is 0.0659. The summed E-state index contributed by atoms with van der Waals surface area (Å²) in [5.41, 5.74) is 1.84. The number of rotatable bonds is 9. The van der Waals surface area contributed by atoms with E-state index in [0.717, 1.165) is 11.1 Å². The molecule has 7 heteroatoms. The van der Waals surface area contributed by atoms with Crippen LogP contribution < -0.4 is 4.74 Å². The molecule has 0 saturated carbocycles. The summed E-state index contributed by atoms with van der Waals surface area (Å²) in [6, 6.07) is 13.7. The van der Waals surface area contributed by atoms with Crippen LogP contribution in [0.1, 0.15) is 24.1 Å². The molecule has 0 aliphatic heterocycles. The Morgan fingerprint density at radius 2 is 1.48 bits per heavy atom. The highest BCUT2D eigenvalue weighted by Gasteiger charge is 2.32. The molecule has 1 atom stereocenters. The zero-order valence-corrected chi connectivity index (χ0v) is 17.2. The van der Waals surface area contributed by atoms with Crippen LogP contribution in [0.3, 0.4) is 0 Å². The Hall–Kier alpha value is -1.93. The van der Waals surface area contributed by atoms with E-state index >= 15 is 0 Å². The van der Waals surface area contributed by atoms with E-state index in [4.69, 9.17) is 14.2 Å². The molecule has 0 aliphatic rings. The van der Waals surface area contributed by atoms with Gasteiger partial charge >= 0.3 is 0 Å². The van der Waals surface area contributed by atoms with Gasteiger partial charge < -0.3 is 14.2 Å². The van der Waals surface area contributed by atoms with Crippen molar-refractivity contribution >= 4 is 10.0 Å². The van der Waals surface area contributed by atoms with Gasteiger partial charge in [-0.15, -0.1) is 0 Å². The van der Waals surface area contributed by atoms with Gasteiger partial charge in [-0.1, -0.05) is 29.8 Å². The van der Waals surface area contributed by atoms with Gasteiger partial charge in [-0.05, 0) is 43.7 Å². The summed E-state index contributed by atoms with van der Waals surface area (Å²) in [5.74, 6) is 0.713. The molecule has 1 unspecified atom stereocenters. The maximum atomic E-state index is 13.3. The largest absolute Gasteiger partial charge is 0.497 e. The van der Waals surface area contributed by atoms with Crippen LogP contribution in [0.5, 0.6) is 5.75 Å². The third-order valence-electron chi connectivity index (χ3n) is 4.51. The van der Waals surface area contributed by atoms with E-state index in [1.165, 1.54) is 18.5 Å². The molecule has 148 valence electrons. The second-order valence-corrected chi connectivity index (χ2v) is 8.13. The minimum Gasteiger partial charge on any atom is -0.497 e. The number of hydrogen-bond acceptors (Lipinski definition) is 5. The summed E-state index contributed by atoms with van der Waals surface area (Å²) in [6.07, 6.45) is -0.675. The number of ether oxygens (including phenoxy) is 3. The monoisotopic (exact) mass is 393 g/mol. The lowest BCUT2D eigenvalue weighted by atomic mass is 10.1. The summed E-state index contributed by atoms with van der Waals surface area (Å²) < 4.78 is 43.8. The lowest BCUT2D eigenvalue weighted by Gasteiger charge is -2.31. The minimum atomic E-state index is -3.75. The zero-order valence-electron chi connectivity index (χ0n) is 16.4. The molecule has 0 radical (unpaired) electrons. The topological polar surface area (TPSA) is 65.1 Å². The molecule has 2 aromatic carbocycles. The van der Waals surface area contributed by atoms with Gasteiger partial charge in [-0.3, -0.25) is 0 Å². The lowest BCUT2D eigenvalue weighted by Crippen LogP contribution is -2.40. The van der Waals surface area contributed by atoms with Crippen molar-refractivity contribution in [3.8, 4) is 5.75 Å². The van der Waals surface area contributed by atoms with Crippen LogP contribution in [-0.2, 0) is 19.5 Å². The maximum absolute atomic E-state index is 13.3. The first-order valence-electron chi connectivity index (χ1n) is 8.61. The summed E-state index contributed by atoms with van der Waals surface area (Å²) in [4.78, 5) is 0.236. The number of nitrogens with zero attached hydrogens (tertiary/aromatic N) is 1. The van der Waals surface area contributed by atoms with Crippen molar-refractivity contribution < 1.29 is 22.6 Å². The molecule has 0 spiro atoms. The van der Waals surface area contributed by atoms with Gasteiger partial charge in [-0.2, -0.15) is 4.31 Å². The van der Waals surface area contributed by atoms with Crippen LogP contribution >= 0.6 is 0 Å². The highest BCUT2D eigenvalue weighted by atomic mass is 32.2. The van der Waals surface area contributed by atoms with Crippen molar-refractivity contribution in [1.29, 1.82) is 0 Å². The number of sulfonamides is 1. The molecule has 0 aromatic heterocycles. The first-order chi connectivity index (χ1) is 12.8. The van der Waals surface area contributed by atoms with Gasteiger partial charge in [0.15, 0.2) is 6.29 Å². The van der Waals surface area contributed by atoms with Gasteiger partial charge in [-0.25, -0.2) is 8.42 Å². The van der Waals surface area contributed by atoms with E-state index in [1.54, 1.807) is 31.4 Å².